The van der Waals surface area contributed by atoms with Gasteiger partial charge in [0.05, 0.1) is 6.10 Å². The maximum absolute atomic E-state index is 12.1. The van der Waals surface area contributed by atoms with Crippen molar-refractivity contribution < 1.29 is 9.90 Å². The van der Waals surface area contributed by atoms with Crippen LogP contribution >= 0.6 is 11.3 Å². The van der Waals surface area contributed by atoms with Gasteiger partial charge >= 0.3 is 6.03 Å². The normalized spacial score (nSPS) is 19.5. The van der Waals surface area contributed by atoms with E-state index in [0.717, 1.165) is 19.4 Å². The Labute approximate surface area is 134 Å². The Morgan fingerprint density at radius 1 is 1.50 bits per heavy atom. The molecule has 4 nitrogen and oxygen atoms in total. The lowest BCUT2D eigenvalue weighted by Crippen LogP contribution is -2.39. The number of aliphatic hydroxyl groups excluding tert-OH is 1. The van der Waals surface area contributed by atoms with Crippen LogP contribution in [0.2, 0.25) is 0 Å². The van der Waals surface area contributed by atoms with Crippen LogP contribution in [-0.2, 0) is 6.42 Å². The summed E-state index contributed by atoms with van der Waals surface area (Å²) in [6.45, 7) is 3.84. The Morgan fingerprint density at radius 2 is 2.32 bits per heavy atom. The molecule has 0 spiro atoms. The Morgan fingerprint density at radius 3 is 3.09 bits per heavy atom. The number of amides is 2. The van der Waals surface area contributed by atoms with Gasteiger partial charge in [-0.15, -0.1) is 11.3 Å². The number of nitrogens with zero attached hydrogens (tertiary/aromatic N) is 1. The second kappa shape index (κ2) is 6.67. The van der Waals surface area contributed by atoms with Crippen molar-refractivity contribution >= 4 is 27.5 Å². The average Bonchev–Trinajstić information content (AvgIpc) is 3.14. The van der Waals surface area contributed by atoms with E-state index in [1.54, 1.807) is 18.3 Å². The van der Waals surface area contributed by atoms with E-state index >= 15 is 0 Å². The number of hydrogen-bond donors (Lipinski definition) is 2. The van der Waals surface area contributed by atoms with Gasteiger partial charge in [-0.3, -0.25) is 0 Å². The number of fused-ring (bicyclic) bond motifs is 1. The van der Waals surface area contributed by atoms with Crippen LogP contribution in [0.25, 0.3) is 10.1 Å². The molecule has 1 fully saturated rings. The molecule has 2 amide bonds. The van der Waals surface area contributed by atoms with E-state index in [9.17, 15) is 9.90 Å². The molecule has 0 aliphatic carbocycles. The number of urea groups is 1. The fourth-order valence-corrected chi connectivity index (χ4v) is 4.01. The van der Waals surface area contributed by atoms with Crippen molar-refractivity contribution in [2.45, 2.75) is 25.9 Å². The molecule has 1 aromatic heterocycles. The van der Waals surface area contributed by atoms with E-state index in [4.69, 9.17) is 0 Å². The number of likely N-dealkylation sites (tertiary alicyclic amines) is 1. The summed E-state index contributed by atoms with van der Waals surface area (Å²) < 4.78 is 1.29. The summed E-state index contributed by atoms with van der Waals surface area (Å²) in [7, 11) is 0. The molecule has 22 heavy (non-hydrogen) atoms. The van der Waals surface area contributed by atoms with E-state index in [-0.39, 0.29) is 18.1 Å². The number of benzene rings is 1. The first-order valence-electron chi connectivity index (χ1n) is 7.81. The molecule has 5 heteroatoms. The molecule has 2 heterocycles. The van der Waals surface area contributed by atoms with Gasteiger partial charge in [-0.2, -0.15) is 0 Å². The molecular formula is C17H22N2O2S. The van der Waals surface area contributed by atoms with Gasteiger partial charge in [0.25, 0.3) is 0 Å². The smallest absolute Gasteiger partial charge is 0.317 e. The van der Waals surface area contributed by atoms with Crippen molar-refractivity contribution in [3.8, 4) is 0 Å². The third-order valence-corrected chi connectivity index (χ3v) is 5.44. The van der Waals surface area contributed by atoms with Crippen LogP contribution in [0.5, 0.6) is 0 Å². The quantitative estimate of drug-likeness (QED) is 0.911. The number of nitrogens with one attached hydrogen (secondary N) is 1. The number of thiophene rings is 1. The third kappa shape index (κ3) is 3.25. The summed E-state index contributed by atoms with van der Waals surface area (Å²) in [6.07, 6.45) is 1.40. The molecule has 0 bridgehead atoms. The molecule has 3 rings (SSSR count). The van der Waals surface area contributed by atoms with Crippen LogP contribution in [0.15, 0.2) is 29.6 Å². The van der Waals surface area contributed by atoms with Gasteiger partial charge in [0.15, 0.2) is 0 Å². The van der Waals surface area contributed by atoms with Crippen molar-refractivity contribution in [2.75, 3.05) is 19.6 Å². The Bertz CT molecular complexity index is 653. The van der Waals surface area contributed by atoms with E-state index < -0.39 is 0 Å². The van der Waals surface area contributed by atoms with Crippen LogP contribution in [0.1, 0.15) is 18.9 Å². The lowest BCUT2D eigenvalue weighted by Gasteiger charge is -2.18. The molecule has 2 N–H and O–H groups in total. The van der Waals surface area contributed by atoms with Gasteiger partial charge in [0.2, 0.25) is 0 Å². The Kier molecular flexibility index (Phi) is 4.64. The molecular weight excluding hydrogens is 296 g/mol. The summed E-state index contributed by atoms with van der Waals surface area (Å²) >= 11 is 1.75. The highest BCUT2D eigenvalue weighted by molar-refractivity contribution is 7.17. The van der Waals surface area contributed by atoms with Crippen LogP contribution in [0, 0.1) is 5.92 Å². The highest BCUT2D eigenvalue weighted by atomic mass is 32.1. The minimum absolute atomic E-state index is 0.0114. The number of carbonyl (C=O) groups is 1. The molecule has 1 saturated heterocycles. The van der Waals surface area contributed by atoms with E-state index in [1.807, 2.05) is 4.90 Å². The van der Waals surface area contributed by atoms with Crippen molar-refractivity contribution in [3.63, 3.8) is 0 Å². The minimum atomic E-state index is -0.338. The van der Waals surface area contributed by atoms with Crippen LogP contribution in [0.4, 0.5) is 4.79 Å². The molecule has 1 aliphatic heterocycles. The molecule has 0 radical (unpaired) electrons. The number of carbonyl (C=O) groups excluding carboxylic acids is 1. The zero-order valence-corrected chi connectivity index (χ0v) is 13.6. The van der Waals surface area contributed by atoms with Crippen molar-refractivity contribution in [1.82, 2.24) is 10.2 Å². The first-order chi connectivity index (χ1) is 10.6. The minimum Gasteiger partial charge on any atom is -0.393 e. The van der Waals surface area contributed by atoms with Crippen LogP contribution in [0.3, 0.4) is 0 Å². The van der Waals surface area contributed by atoms with E-state index in [1.165, 1.54) is 15.6 Å². The average molecular weight is 318 g/mol. The topological polar surface area (TPSA) is 52.6 Å². The van der Waals surface area contributed by atoms with Gasteiger partial charge in [-0.05, 0) is 42.2 Å². The number of rotatable bonds is 4. The number of hydrogen-bond acceptors (Lipinski definition) is 3. The summed E-state index contributed by atoms with van der Waals surface area (Å²) in [5.41, 5.74) is 1.30. The van der Waals surface area contributed by atoms with Crippen molar-refractivity contribution in [2.24, 2.45) is 5.92 Å². The van der Waals surface area contributed by atoms with E-state index in [2.05, 4.69) is 35.0 Å². The van der Waals surface area contributed by atoms with E-state index in [0.29, 0.717) is 13.1 Å². The molecule has 2 aromatic rings. The SMILES string of the molecule is CC(O)C1CCN(C(=O)NCCc2csc3ccccc23)C1. The molecule has 1 aromatic carbocycles. The third-order valence-electron chi connectivity index (χ3n) is 4.43. The second-order valence-electron chi connectivity index (χ2n) is 5.97. The van der Waals surface area contributed by atoms with Crippen molar-refractivity contribution in [3.05, 3.63) is 35.2 Å². The second-order valence-corrected chi connectivity index (χ2v) is 6.89. The standard InChI is InChI=1S/C17H22N2O2S/c1-12(20)13-7-9-19(10-13)17(21)18-8-6-14-11-22-16-5-3-2-4-15(14)16/h2-5,11-13,20H,6-10H2,1H3,(H,18,21). The summed E-state index contributed by atoms with van der Waals surface area (Å²) in [6, 6.07) is 8.36. The maximum Gasteiger partial charge on any atom is 0.317 e. The molecule has 0 saturated carbocycles. The Balaban J connectivity index is 1.50. The highest BCUT2D eigenvalue weighted by Gasteiger charge is 2.28. The fraction of sp³-hybridized carbons (Fsp3) is 0.471. The van der Waals surface area contributed by atoms with Crippen LogP contribution in [-0.4, -0.2) is 41.8 Å². The van der Waals surface area contributed by atoms with Gasteiger partial charge in [0, 0.05) is 30.3 Å². The lowest BCUT2D eigenvalue weighted by atomic mass is 10.0. The summed E-state index contributed by atoms with van der Waals surface area (Å²) in [5, 5.41) is 16.1. The van der Waals surface area contributed by atoms with Crippen LogP contribution < -0.4 is 5.32 Å². The van der Waals surface area contributed by atoms with Crippen molar-refractivity contribution in [1.29, 1.82) is 0 Å². The molecule has 118 valence electrons. The lowest BCUT2D eigenvalue weighted by molar-refractivity contribution is 0.129. The van der Waals surface area contributed by atoms with Gasteiger partial charge in [0.1, 0.15) is 0 Å². The monoisotopic (exact) mass is 318 g/mol. The summed E-state index contributed by atoms with van der Waals surface area (Å²) in [5.74, 6) is 0.214. The zero-order chi connectivity index (χ0) is 15.5. The largest absolute Gasteiger partial charge is 0.393 e. The van der Waals surface area contributed by atoms with Gasteiger partial charge in [-0.25, -0.2) is 4.79 Å². The highest BCUT2D eigenvalue weighted by Crippen LogP contribution is 2.25. The predicted octanol–water partition coefficient (Wildman–Crippen LogP) is 2.86. The first-order valence-corrected chi connectivity index (χ1v) is 8.69. The maximum atomic E-state index is 12.1. The molecule has 1 aliphatic rings. The first kappa shape index (κ1) is 15.3. The zero-order valence-electron chi connectivity index (χ0n) is 12.8. The molecule has 2 atom stereocenters. The Hall–Kier alpha value is -1.59. The van der Waals surface area contributed by atoms with Gasteiger partial charge in [-0.1, -0.05) is 18.2 Å². The predicted molar refractivity (Wildman–Crippen MR) is 90.3 cm³/mol. The fourth-order valence-electron chi connectivity index (χ4n) is 3.01. The van der Waals surface area contributed by atoms with Gasteiger partial charge < -0.3 is 15.3 Å². The number of aliphatic hydroxyl groups is 1. The summed E-state index contributed by atoms with van der Waals surface area (Å²) in [4.78, 5) is 13.9. The molecule has 2 unspecified atom stereocenters.